The van der Waals surface area contributed by atoms with Gasteiger partial charge in [-0.25, -0.2) is 0 Å². The number of ether oxygens (including phenoxy) is 2. The lowest BCUT2D eigenvalue weighted by molar-refractivity contribution is 0.174. The van der Waals surface area contributed by atoms with E-state index >= 15 is 0 Å². The van der Waals surface area contributed by atoms with Gasteiger partial charge in [-0.2, -0.15) is 4.91 Å². The molecule has 0 aromatic heterocycles. The first-order valence-electron chi connectivity index (χ1n) is 4.08. The van der Waals surface area contributed by atoms with Crippen LogP contribution in [0.4, 0.5) is 0 Å². The van der Waals surface area contributed by atoms with E-state index in [1.165, 1.54) is 0 Å². The average molecular weight is 179 g/mol. The van der Waals surface area contributed by atoms with Crippen LogP contribution in [-0.2, 0) is 6.42 Å². The molecule has 0 saturated heterocycles. The minimum absolute atomic E-state index is 0.282. The second kappa shape index (κ2) is 3.43. The van der Waals surface area contributed by atoms with Gasteiger partial charge in [0.05, 0.1) is 6.54 Å². The molecule has 0 radical (unpaired) electrons. The number of rotatable bonds is 3. The van der Waals surface area contributed by atoms with Gasteiger partial charge in [-0.3, -0.25) is 0 Å². The van der Waals surface area contributed by atoms with Crippen molar-refractivity contribution in [2.75, 3.05) is 13.3 Å². The van der Waals surface area contributed by atoms with E-state index in [1.807, 2.05) is 18.2 Å². The fourth-order valence-electron chi connectivity index (χ4n) is 1.27. The first-order chi connectivity index (χ1) is 6.40. The van der Waals surface area contributed by atoms with E-state index in [4.69, 9.17) is 9.47 Å². The van der Waals surface area contributed by atoms with Gasteiger partial charge in [0.15, 0.2) is 11.5 Å². The van der Waals surface area contributed by atoms with Gasteiger partial charge in [0, 0.05) is 0 Å². The predicted molar refractivity (Wildman–Crippen MR) is 46.9 cm³/mol. The minimum Gasteiger partial charge on any atom is -0.454 e. The van der Waals surface area contributed by atoms with Crippen molar-refractivity contribution >= 4 is 0 Å². The first kappa shape index (κ1) is 8.04. The Morgan fingerprint density at radius 1 is 1.31 bits per heavy atom. The highest BCUT2D eigenvalue weighted by molar-refractivity contribution is 5.44. The van der Waals surface area contributed by atoms with Crippen molar-refractivity contribution in [3.63, 3.8) is 0 Å². The third-order valence-electron chi connectivity index (χ3n) is 1.93. The SMILES string of the molecule is O=NCCc1ccc2c(c1)OCO2. The van der Waals surface area contributed by atoms with Crippen LogP contribution in [0.2, 0.25) is 0 Å². The molecule has 1 aromatic carbocycles. The van der Waals surface area contributed by atoms with Crippen LogP contribution < -0.4 is 9.47 Å². The van der Waals surface area contributed by atoms with Crippen molar-refractivity contribution in [1.82, 2.24) is 0 Å². The van der Waals surface area contributed by atoms with Gasteiger partial charge in [0.1, 0.15) is 0 Å². The van der Waals surface area contributed by atoms with Gasteiger partial charge in [-0.05, 0) is 24.1 Å². The van der Waals surface area contributed by atoms with Crippen molar-refractivity contribution in [2.45, 2.75) is 6.42 Å². The molecule has 1 aliphatic heterocycles. The van der Waals surface area contributed by atoms with E-state index in [0.717, 1.165) is 17.1 Å². The zero-order valence-electron chi connectivity index (χ0n) is 7.03. The summed E-state index contributed by atoms with van der Waals surface area (Å²) in [7, 11) is 0. The Morgan fingerprint density at radius 2 is 2.15 bits per heavy atom. The summed E-state index contributed by atoms with van der Waals surface area (Å²) >= 11 is 0. The Morgan fingerprint density at radius 3 is 3.00 bits per heavy atom. The van der Waals surface area contributed by atoms with Crippen LogP contribution in [0.15, 0.2) is 23.4 Å². The smallest absolute Gasteiger partial charge is 0.231 e. The first-order valence-corrected chi connectivity index (χ1v) is 4.08. The molecule has 0 fully saturated rings. The molecule has 0 unspecified atom stereocenters. The minimum atomic E-state index is 0.282. The second-order valence-electron chi connectivity index (χ2n) is 2.79. The van der Waals surface area contributed by atoms with Gasteiger partial charge in [0.25, 0.3) is 0 Å². The number of nitroso groups, excluding NO2 is 1. The van der Waals surface area contributed by atoms with Crippen LogP contribution in [0.25, 0.3) is 0 Å². The van der Waals surface area contributed by atoms with Gasteiger partial charge in [-0.15, -0.1) is 0 Å². The molecule has 0 atom stereocenters. The lowest BCUT2D eigenvalue weighted by Gasteiger charge is -1.99. The topological polar surface area (TPSA) is 47.9 Å². The molecule has 0 spiro atoms. The van der Waals surface area contributed by atoms with Crippen molar-refractivity contribution < 1.29 is 9.47 Å². The van der Waals surface area contributed by atoms with E-state index in [-0.39, 0.29) is 6.79 Å². The standard InChI is InChI=1S/C9H9NO3/c11-10-4-3-7-1-2-8-9(5-7)13-6-12-8/h1-2,5H,3-4,6H2. The molecule has 1 aromatic rings. The van der Waals surface area contributed by atoms with E-state index in [1.54, 1.807) is 0 Å². The highest BCUT2D eigenvalue weighted by Gasteiger charge is 2.12. The number of hydrogen-bond donors (Lipinski definition) is 0. The highest BCUT2D eigenvalue weighted by Crippen LogP contribution is 2.32. The molecule has 0 bridgehead atoms. The van der Waals surface area contributed by atoms with Crippen LogP contribution in [0.1, 0.15) is 5.56 Å². The van der Waals surface area contributed by atoms with E-state index in [0.29, 0.717) is 13.0 Å². The van der Waals surface area contributed by atoms with Gasteiger partial charge in [0.2, 0.25) is 6.79 Å². The van der Waals surface area contributed by atoms with E-state index in [9.17, 15) is 4.91 Å². The molecular weight excluding hydrogens is 170 g/mol. The maximum absolute atomic E-state index is 9.91. The summed E-state index contributed by atoms with van der Waals surface area (Å²) in [6.07, 6.45) is 0.653. The van der Waals surface area contributed by atoms with Crippen LogP contribution in [-0.4, -0.2) is 13.3 Å². The lowest BCUT2D eigenvalue weighted by atomic mass is 10.1. The third-order valence-corrected chi connectivity index (χ3v) is 1.93. The Kier molecular flexibility index (Phi) is 2.12. The molecular formula is C9H9NO3. The molecule has 1 heterocycles. The Bertz CT molecular complexity index is 325. The Balaban J connectivity index is 2.16. The summed E-state index contributed by atoms with van der Waals surface area (Å²) in [4.78, 5) is 9.91. The highest BCUT2D eigenvalue weighted by atomic mass is 16.7. The van der Waals surface area contributed by atoms with Crippen LogP contribution in [0.5, 0.6) is 11.5 Å². The molecule has 68 valence electrons. The van der Waals surface area contributed by atoms with E-state index < -0.39 is 0 Å². The summed E-state index contributed by atoms with van der Waals surface area (Å²) in [6.45, 7) is 0.588. The second-order valence-corrected chi connectivity index (χ2v) is 2.79. The molecule has 1 aliphatic rings. The monoisotopic (exact) mass is 179 g/mol. The average Bonchev–Trinajstić information content (AvgIpc) is 2.61. The Labute approximate surface area is 75.4 Å². The summed E-state index contributed by atoms with van der Waals surface area (Å²) in [6, 6.07) is 5.65. The number of fused-ring (bicyclic) bond motifs is 1. The fourth-order valence-corrected chi connectivity index (χ4v) is 1.27. The largest absolute Gasteiger partial charge is 0.454 e. The molecule has 0 aliphatic carbocycles. The quantitative estimate of drug-likeness (QED) is 0.664. The lowest BCUT2D eigenvalue weighted by Crippen LogP contribution is -1.93. The van der Waals surface area contributed by atoms with Crippen molar-refractivity contribution in [3.8, 4) is 11.5 Å². The number of benzene rings is 1. The zero-order valence-corrected chi connectivity index (χ0v) is 7.03. The van der Waals surface area contributed by atoms with Gasteiger partial charge in [-0.1, -0.05) is 11.2 Å². The third kappa shape index (κ3) is 1.61. The number of hydrogen-bond acceptors (Lipinski definition) is 4. The fraction of sp³-hybridized carbons (Fsp3) is 0.333. The summed E-state index contributed by atoms with van der Waals surface area (Å²) in [5.41, 5.74) is 1.05. The van der Waals surface area contributed by atoms with Gasteiger partial charge >= 0.3 is 0 Å². The Hall–Kier alpha value is -1.58. The normalized spacial score (nSPS) is 12.9. The summed E-state index contributed by atoms with van der Waals surface area (Å²) in [5, 5.41) is 2.80. The predicted octanol–water partition coefficient (Wildman–Crippen LogP) is 1.72. The number of nitrogens with zero attached hydrogens (tertiary/aromatic N) is 1. The molecule has 2 rings (SSSR count). The molecule has 0 saturated carbocycles. The summed E-state index contributed by atoms with van der Waals surface area (Å²) in [5.74, 6) is 1.52. The molecule has 0 amide bonds. The zero-order chi connectivity index (χ0) is 9.10. The maximum atomic E-state index is 9.91. The van der Waals surface area contributed by atoms with E-state index in [2.05, 4.69) is 5.18 Å². The van der Waals surface area contributed by atoms with Crippen LogP contribution in [0, 0.1) is 4.91 Å². The molecule has 4 heteroatoms. The molecule has 13 heavy (non-hydrogen) atoms. The maximum Gasteiger partial charge on any atom is 0.231 e. The van der Waals surface area contributed by atoms with Crippen molar-refractivity contribution in [3.05, 3.63) is 28.7 Å². The summed E-state index contributed by atoms with van der Waals surface area (Å²) < 4.78 is 10.3. The van der Waals surface area contributed by atoms with Crippen molar-refractivity contribution in [2.24, 2.45) is 5.18 Å². The molecule has 4 nitrogen and oxygen atoms in total. The van der Waals surface area contributed by atoms with Crippen LogP contribution >= 0.6 is 0 Å². The molecule has 0 N–H and O–H groups in total. The van der Waals surface area contributed by atoms with Gasteiger partial charge < -0.3 is 9.47 Å². The van der Waals surface area contributed by atoms with Crippen molar-refractivity contribution in [1.29, 1.82) is 0 Å². The van der Waals surface area contributed by atoms with Crippen LogP contribution in [0.3, 0.4) is 0 Å².